The van der Waals surface area contributed by atoms with E-state index in [4.69, 9.17) is 11.1 Å². The SMILES string of the molecule is CC(C)C1CCN(Cc2ccccc2C(=N)N)CC1. The van der Waals surface area contributed by atoms with Crippen molar-refractivity contribution in [3.8, 4) is 0 Å². The van der Waals surface area contributed by atoms with Gasteiger partial charge in [0.1, 0.15) is 5.84 Å². The highest BCUT2D eigenvalue weighted by Crippen LogP contribution is 2.25. The number of nitrogens with one attached hydrogen (secondary N) is 1. The summed E-state index contributed by atoms with van der Waals surface area (Å²) in [6, 6.07) is 8.01. The molecule has 1 saturated heterocycles. The zero-order valence-corrected chi connectivity index (χ0v) is 12.0. The molecule has 0 bridgehead atoms. The van der Waals surface area contributed by atoms with Crippen molar-refractivity contribution in [3.63, 3.8) is 0 Å². The maximum atomic E-state index is 7.64. The zero-order chi connectivity index (χ0) is 13.8. The monoisotopic (exact) mass is 259 g/mol. The number of nitrogens with zero attached hydrogens (tertiary/aromatic N) is 1. The highest BCUT2D eigenvalue weighted by molar-refractivity contribution is 5.96. The first-order valence-corrected chi connectivity index (χ1v) is 7.22. The van der Waals surface area contributed by atoms with E-state index in [0.717, 1.165) is 37.0 Å². The predicted molar refractivity (Wildman–Crippen MR) is 80.3 cm³/mol. The number of benzene rings is 1. The molecule has 0 amide bonds. The number of nitrogen functional groups attached to an aromatic ring is 1. The summed E-state index contributed by atoms with van der Waals surface area (Å²) in [6.07, 6.45) is 2.58. The van der Waals surface area contributed by atoms with Gasteiger partial charge in [-0.2, -0.15) is 0 Å². The molecule has 1 aromatic rings. The fraction of sp³-hybridized carbons (Fsp3) is 0.562. The van der Waals surface area contributed by atoms with Crippen molar-refractivity contribution in [2.24, 2.45) is 17.6 Å². The largest absolute Gasteiger partial charge is 0.384 e. The van der Waals surface area contributed by atoms with Gasteiger partial charge in [0.2, 0.25) is 0 Å². The van der Waals surface area contributed by atoms with E-state index < -0.39 is 0 Å². The van der Waals surface area contributed by atoms with Crippen molar-refractivity contribution >= 4 is 5.84 Å². The minimum absolute atomic E-state index is 0.174. The Labute approximate surface area is 116 Å². The summed E-state index contributed by atoms with van der Waals surface area (Å²) in [4.78, 5) is 2.49. The highest BCUT2D eigenvalue weighted by Gasteiger charge is 2.22. The molecule has 0 radical (unpaired) electrons. The first-order valence-electron chi connectivity index (χ1n) is 7.22. The van der Waals surface area contributed by atoms with Crippen LogP contribution in [0, 0.1) is 17.2 Å². The molecule has 0 aliphatic carbocycles. The Morgan fingerprint density at radius 1 is 1.32 bits per heavy atom. The molecule has 0 saturated carbocycles. The van der Waals surface area contributed by atoms with Gasteiger partial charge in [-0.05, 0) is 43.3 Å². The summed E-state index contributed by atoms with van der Waals surface area (Å²) in [5, 5.41) is 7.64. The quantitative estimate of drug-likeness (QED) is 0.645. The fourth-order valence-electron chi connectivity index (χ4n) is 2.94. The van der Waals surface area contributed by atoms with Gasteiger partial charge in [-0.3, -0.25) is 10.3 Å². The van der Waals surface area contributed by atoms with Crippen LogP contribution < -0.4 is 5.73 Å². The molecule has 2 rings (SSSR count). The van der Waals surface area contributed by atoms with Crippen LogP contribution in [-0.2, 0) is 6.54 Å². The van der Waals surface area contributed by atoms with Crippen molar-refractivity contribution in [1.82, 2.24) is 4.90 Å². The summed E-state index contributed by atoms with van der Waals surface area (Å²) in [7, 11) is 0. The third-order valence-corrected chi connectivity index (χ3v) is 4.28. The molecule has 3 heteroatoms. The Bertz CT molecular complexity index is 431. The van der Waals surface area contributed by atoms with Crippen molar-refractivity contribution < 1.29 is 0 Å². The molecule has 104 valence electrons. The van der Waals surface area contributed by atoms with Crippen molar-refractivity contribution in [2.45, 2.75) is 33.2 Å². The Kier molecular flexibility index (Phi) is 4.59. The Hall–Kier alpha value is -1.35. The van der Waals surface area contributed by atoms with E-state index in [1.54, 1.807) is 0 Å². The third kappa shape index (κ3) is 3.57. The second-order valence-corrected chi connectivity index (χ2v) is 5.93. The Morgan fingerprint density at radius 2 is 1.95 bits per heavy atom. The van der Waals surface area contributed by atoms with Crippen LogP contribution in [0.4, 0.5) is 0 Å². The van der Waals surface area contributed by atoms with E-state index in [1.165, 1.54) is 18.4 Å². The smallest absolute Gasteiger partial charge is 0.123 e. The zero-order valence-electron chi connectivity index (χ0n) is 12.0. The van der Waals surface area contributed by atoms with Gasteiger partial charge >= 0.3 is 0 Å². The standard InChI is InChI=1S/C16H25N3/c1-12(2)13-7-9-19(10-8-13)11-14-5-3-4-6-15(14)16(17)18/h3-6,12-13H,7-11H2,1-2H3,(H3,17,18). The molecule has 1 heterocycles. The van der Waals surface area contributed by atoms with Crippen molar-refractivity contribution in [2.75, 3.05) is 13.1 Å². The number of nitrogens with two attached hydrogens (primary N) is 1. The summed E-state index contributed by atoms with van der Waals surface area (Å²) < 4.78 is 0. The second-order valence-electron chi connectivity index (χ2n) is 5.93. The normalized spacial score (nSPS) is 17.8. The minimum atomic E-state index is 0.174. The molecule has 0 spiro atoms. The molecule has 1 aromatic carbocycles. The van der Waals surface area contributed by atoms with Crippen LogP contribution in [0.25, 0.3) is 0 Å². The van der Waals surface area contributed by atoms with Gasteiger partial charge in [0.25, 0.3) is 0 Å². The van der Waals surface area contributed by atoms with E-state index in [1.807, 2.05) is 18.2 Å². The molecule has 3 N–H and O–H groups in total. The second kappa shape index (κ2) is 6.20. The van der Waals surface area contributed by atoms with E-state index in [2.05, 4.69) is 24.8 Å². The molecule has 0 unspecified atom stereocenters. The van der Waals surface area contributed by atoms with Crippen LogP contribution in [0.2, 0.25) is 0 Å². The van der Waals surface area contributed by atoms with Gasteiger partial charge in [-0.1, -0.05) is 38.1 Å². The number of likely N-dealkylation sites (tertiary alicyclic amines) is 1. The van der Waals surface area contributed by atoms with E-state index >= 15 is 0 Å². The van der Waals surface area contributed by atoms with Crippen LogP contribution in [0.3, 0.4) is 0 Å². The molecule has 3 nitrogen and oxygen atoms in total. The summed E-state index contributed by atoms with van der Waals surface area (Å²) >= 11 is 0. The molecule has 1 aliphatic rings. The average Bonchev–Trinajstić information content (AvgIpc) is 2.39. The summed E-state index contributed by atoms with van der Waals surface area (Å²) in [5.74, 6) is 1.85. The van der Waals surface area contributed by atoms with Crippen molar-refractivity contribution in [3.05, 3.63) is 35.4 Å². The van der Waals surface area contributed by atoms with Crippen LogP contribution in [0.5, 0.6) is 0 Å². The number of hydrogen-bond acceptors (Lipinski definition) is 2. The maximum absolute atomic E-state index is 7.64. The van der Waals surface area contributed by atoms with Crippen LogP contribution >= 0.6 is 0 Å². The van der Waals surface area contributed by atoms with E-state index in [0.29, 0.717) is 0 Å². The molecule has 19 heavy (non-hydrogen) atoms. The summed E-state index contributed by atoms with van der Waals surface area (Å²) in [5.41, 5.74) is 7.71. The number of amidine groups is 1. The number of piperidine rings is 1. The van der Waals surface area contributed by atoms with Gasteiger partial charge in [0.15, 0.2) is 0 Å². The minimum Gasteiger partial charge on any atom is -0.384 e. The number of hydrogen-bond donors (Lipinski definition) is 2. The average molecular weight is 259 g/mol. The molecule has 0 aromatic heterocycles. The number of rotatable bonds is 4. The Morgan fingerprint density at radius 3 is 2.53 bits per heavy atom. The Balaban J connectivity index is 1.98. The third-order valence-electron chi connectivity index (χ3n) is 4.28. The lowest BCUT2D eigenvalue weighted by Crippen LogP contribution is -2.35. The van der Waals surface area contributed by atoms with Gasteiger partial charge in [-0.25, -0.2) is 0 Å². The lowest BCUT2D eigenvalue weighted by molar-refractivity contribution is 0.152. The molecule has 1 aliphatic heterocycles. The van der Waals surface area contributed by atoms with Crippen LogP contribution in [0.15, 0.2) is 24.3 Å². The van der Waals surface area contributed by atoms with Gasteiger partial charge in [-0.15, -0.1) is 0 Å². The maximum Gasteiger partial charge on any atom is 0.123 e. The van der Waals surface area contributed by atoms with Gasteiger partial charge < -0.3 is 5.73 Å². The van der Waals surface area contributed by atoms with Crippen LogP contribution in [0.1, 0.15) is 37.8 Å². The molecule has 1 fully saturated rings. The topological polar surface area (TPSA) is 53.1 Å². The van der Waals surface area contributed by atoms with Gasteiger partial charge in [0, 0.05) is 12.1 Å². The van der Waals surface area contributed by atoms with E-state index in [-0.39, 0.29) is 5.84 Å². The summed E-state index contributed by atoms with van der Waals surface area (Å²) in [6.45, 7) is 7.89. The van der Waals surface area contributed by atoms with Gasteiger partial charge in [0.05, 0.1) is 0 Å². The van der Waals surface area contributed by atoms with Crippen molar-refractivity contribution in [1.29, 1.82) is 5.41 Å². The first-order chi connectivity index (χ1) is 9.08. The molecular formula is C16H25N3. The molecular weight excluding hydrogens is 234 g/mol. The lowest BCUT2D eigenvalue weighted by atomic mass is 9.86. The first kappa shape index (κ1) is 14.1. The highest BCUT2D eigenvalue weighted by atomic mass is 15.1. The molecule has 0 atom stereocenters. The lowest BCUT2D eigenvalue weighted by Gasteiger charge is -2.34. The fourth-order valence-corrected chi connectivity index (χ4v) is 2.94. The van der Waals surface area contributed by atoms with Crippen LogP contribution in [-0.4, -0.2) is 23.8 Å². The predicted octanol–water partition coefficient (Wildman–Crippen LogP) is 2.84. The van der Waals surface area contributed by atoms with E-state index in [9.17, 15) is 0 Å².